The Morgan fingerprint density at radius 2 is 1.89 bits per heavy atom. The minimum Gasteiger partial charge on any atom is -0.381 e. The van der Waals surface area contributed by atoms with Crippen molar-refractivity contribution in [3.63, 3.8) is 0 Å². The fraction of sp³-hybridized carbons (Fsp3) is 0.929. The minimum atomic E-state index is 0.156. The summed E-state index contributed by atoms with van der Waals surface area (Å²) in [6.45, 7) is 3.15. The van der Waals surface area contributed by atoms with Gasteiger partial charge in [-0.2, -0.15) is 0 Å². The molecule has 2 aliphatic rings. The van der Waals surface area contributed by atoms with Gasteiger partial charge in [0.25, 0.3) is 0 Å². The van der Waals surface area contributed by atoms with Crippen molar-refractivity contribution in [2.24, 2.45) is 23.5 Å². The maximum Gasteiger partial charge on any atom is 0.223 e. The molecule has 0 aromatic rings. The first-order valence-electron chi connectivity index (χ1n) is 7.36. The number of carbonyl (C=O) groups excluding carboxylic acids is 1. The number of hydrogen-bond acceptors (Lipinski definition) is 3. The Labute approximate surface area is 110 Å². The fourth-order valence-corrected chi connectivity index (χ4v) is 3.16. The summed E-state index contributed by atoms with van der Waals surface area (Å²) in [4.78, 5) is 12.2. The molecule has 1 saturated carbocycles. The highest BCUT2D eigenvalue weighted by Gasteiger charge is 2.30. The molecule has 0 radical (unpaired) electrons. The molecule has 1 aliphatic carbocycles. The summed E-state index contributed by atoms with van der Waals surface area (Å²) in [6.07, 6.45) is 6.68. The fourth-order valence-electron chi connectivity index (χ4n) is 3.16. The van der Waals surface area contributed by atoms with Crippen molar-refractivity contribution in [3.8, 4) is 0 Å². The molecular formula is C14H26N2O2. The number of nitrogens with one attached hydrogen (secondary N) is 1. The molecule has 1 amide bonds. The van der Waals surface area contributed by atoms with Crippen LogP contribution in [-0.4, -0.2) is 32.2 Å². The second-order valence-corrected chi connectivity index (χ2v) is 5.69. The first-order chi connectivity index (χ1) is 8.81. The zero-order valence-corrected chi connectivity index (χ0v) is 11.2. The first-order valence-corrected chi connectivity index (χ1v) is 7.36. The van der Waals surface area contributed by atoms with Crippen LogP contribution >= 0.6 is 0 Å². The van der Waals surface area contributed by atoms with E-state index in [0.29, 0.717) is 18.4 Å². The van der Waals surface area contributed by atoms with Gasteiger partial charge in [-0.3, -0.25) is 4.79 Å². The van der Waals surface area contributed by atoms with Crippen molar-refractivity contribution in [2.45, 2.75) is 38.5 Å². The number of rotatable bonds is 4. The smallest absolute Gasteiger partial charge is 0.223 e. The van der Waals surface area contributed by atoms with E-state index in [1.165, 1.54) is 12.8 Å². The lowest BCUT2D eigenvalue weighted by Gasteiger charge is -2.30. The molecule has 4 nitrogen and oxygen atoms in total. The van der Waals surface area contributed by atoms with Gasteiger partial charge in [0.1, 0.15) is 0 Å². The first kappa shape index (κ1) is 13.8. The summed E-state index contributed by atoms with van der Waals surface area (Å²) in [6, 6.07) is 0. The third kappa shape index (κ3) is 3.69. The van der Waals surface area contributed by atoms with Gasteiger partial charge in [-0.1, -0.05) is 12.8 Å². The number of carbonyl (C=O) groups is 1. The predicted molar refractivity (Wildman–Crippen MR) is 71.1 cm³/mol. The topological polar surface area (TPSA) is 64.4 Å². The summed E-state index contributed by atoms with van der Waals surface area (Å²) in [7, 11) is 0. The van der Waals surface area contributed by atoms with Crippen molar-refractivity contribution in [3.05, 3.63) is 0 Å². The second-order valence-electron chi connectivity index (χ2n) is 5.69. The van der Waals surface area contributed by atoms with E-state index in [4.69, 9.17) is 10.5 Å². The van der Waals surface area contributed by atoms with Gasteiger partial charge in [0.15, 0.2) is 0 Å². The van der Waals surface area contributed by atoms with Gasteiger partial charge < -0.3 is 15.8 Å². The Bertz CT molecular complexity index is 265. The number of nitrogens with two attached hydrogens (primary N) is 1. The number of ether oxygens (including phenoxy) is 1. The van der Waals surface area contributed by atoms with Crippen molar-refractivity contribution in [1.82, 2.24) is 5.32 Å². The maximum absolute atomic E-state index is 12.2. The van der Waals surface area contributed by atoms with E-state index in [2.05, 4.69) is 5.32 Å². The van der Waals surface area contributed by atoms with Gasteiger partial charge in [-0.15, -0.1) is 0 Å². The molecule has 0 bridgehead atoms. The molecule has 2 atom stereocenters. The van der Waals surface area contributed by atoms with E-state index in [9.17, 15) is 4.79 Å². The Hall–Kier alpha value is -0.610. The lowest BCUT2D eigenvalue weighted by atomic mass is 9.78. The zero-order chi connectivity index (χ0) is 12.8. The van der Waals surface area contributed by atoms with E-state index in [-0.39, 0.29) is 11.8 Å². The Balaban J connectivity index is 1.75. The van der Waals surface area contributed by atoms with Crippen LogP contribution in [0.5, 0.6) is 0 Å². The van der Waals surface area contributed by atoms with Crippen molar-refractivity contribution < 1.29 is 9.53 Å². The standard InChI is InChI=1S/C14H26N2O2/c15-9-12-3-1-2-4-13(12)14(17)16-10-11-5-7-18-8-6-11/h11-13H,1-10,15H2,(H,16,17). The van der Waals surface area contributed by atoms with Gasteiger partial charge >= 0.3 is 0 Å². The molecule has 2 fully saturated rings. The highest BCUT2D eigenvalue weighted by atomic mass is 16.5. The van der Waals surface area contributed by atoms with E-state index in [0.717, 1.165) is 45.4 Å². The van der Waals surface area contributed by atoms with Crippen LogP contribution in [0.2, 0.25) is 0 Å². The Morgan fingerprint density at radius 1 is 1.17 bits per heavy atom. The largest absolute Gasteiger partial charge is 0.381 e. The van der Waals surface area contributed by atoms with Gasteiger partial charge in [0, 0.05) is 25.7 Å². The van der Waals surface area contributed by atoms with Gasteiger partial charge in [-0.25, -0.2) is 0 Å². The molecule has 2 unspecified atom stereocenters. The second kappa shape index (κ2) is 7.10. The van der Waals surface area contributed by atoms with Crippen molar-refractivity contribution in [1.29, 1.82) is 0 Å². The maximum atomic E-state index is 12.2. The van der Waals surface area contributed by atoms with Gasteiger partial charge in [-0.05, 0) is 44.1 Å². The average Bonchev–Trinajstić information content (AvgIpc) is 2.45. The van der Waals surface area contributed by atoms with E-state index >= 15 is 0 Å². The average molecular weight is 254 g/mol. The van der Waals surface area contributed by atoms with Crippen LogP contribution in [-0.2, 0) is 9.53 Å². The molecule has 18 heavy (non-hydrogen) atoms. The third-order valence-electron chi connectivity index (χ3n) is 4.45. The molecule has 2 rings (SSSR count). The molecule has 0 spiro atoms. The number of hydrogen-bond donors (Lipinski definition) is 2. The molecule has 1 aliphatic heterocycles. The van der Waals surface area contributed by atoms with Crippen LogP contribution in [0, 0.1) is 17.8 Å². The van der Waals surface area contributed by atoms with Crippen molar-refractivity contribution in [2.75, 3.05) is 26.3 Å². The SMILES string of the molecule is NCC1CCCCC1C(=O)NCC1CCOCC1. The summed E-state index contributed by atoms with van der Waals surface area (Å²) in [5, 5.41) is 3.14. The molecule has 104 valence electrons. The summed E-state index contributed by atoms with van der Waals surface area (Å²) in [5.41, 5.74) is 5.77. The van der Waals surface area contributed by atoms with Crippen LogP contribution in [0.15, 0.2) is 0 Å². The van der Waals surface area contributed by atoms with Crippen LogP contribution in [0.3, 0.4) is 0 Å². The molecule has 3 N–H and O–H groups in total. The molecular weight excluding hydrogens is 228 g/mol. The quantitative estimate of drug-likeness (QED) is 0.794. The summed E-state index contributed by atoms with van der Waals surface area (Å²) < 4.78 is 5.33. The van der Waals surface area contributed by atoms with Crippen molar-refractivity contribution >= 4 is 5.91 Å². The van der Waals surface area contributed by atoms with Gasteiger partial charge in [0.2, 0.25) is 5.91 Å². The normalized spacial score (nSPS) is 30.1. The third-order valence-corrected chi connectivity index (χ3v) is 4.45. The van der Waals surface area contributed by atoms with Crippen LogP contribution in [0.25, 0.3) is 0 Å². The molecule has 1 heterocycles. The lowest BCUT2D eigenvalue weighted by Crippen LogP contribution is -2.41. The van der Waals surface area contributed by atoms with Gasteiger partial charge in [0.05, 0.1) is 0 Å². The van der Waals surface area contributed by atoms with E-state index < -0.39 is 0 Å². The molecule has 1 saturated heterocycles. The monoisotopic (exact) mass is 254 g/mol. The lowest BCUT2D eigenvalue weighted by molar-refractivity contribution is -0.128. The molecule has 0 aromatic heterocycles. The summed E-state index contributed by atoms with van der Waals surface area (Å²) >= 11 is 0. The highest BCUT2D eigenvalue weighted by molar-refractivity contribution is 5.79. The predicted octanol–water partition coefficient (Wildman–Crippen LogP) is 1.29. The molecule has 0 aromatic carbocycles. The minimum absolute atomic E-state index is 0.156. The van der Waals surface area contributed by atoms with E-state index in [1.54, 1.807) is 0 Å². The zero-order valence-electron chi connectivity index (χ0n) is 11.2. The Morgan fingerprint density at radius 3 is 2.61 bits per heavy atom. The summed E-state index contributed by atoms with van der Waals surface area (Å²) in [5.74, 6) is 1.39. The number of amides is 1. The van der Waals surface area contributed by atoms with Crippen LogP contribution in [0.1, 0.15) is 38.5 Å². The van der Waals surface area contributed by atoms with E-state index in [1.807, 2.05) is 0 Å². The molecule has 4 heteroatoms. The highest BCUT2D eigenvalue weighted by Crippen LogP contribution is 2.29. The van der Waals surface area contributed by atoms with Crippen LogP contribution < -0.4 is 11.1 Å². The van der Waals surface area contributed by atoms with Crippen LogP contribution in [0.4, 0.5) is 0 Å². The Kier molecular flexibility index (Phi) is 5.45.